The summed E-state index contributed by atoms with van der Waals surface area (Å²) in [6.07, 6.45) is 0. The fourth-order valence-electron chi connectivity index (χ4n) is 1.19. The molecule has 0 saturated carbocycles. The Bertz CT molecular complexity index is 403. The number of nitrogens with zero attached hydrogens (tertiary/aromatic N) is 1. The first-order chi connectivity index (χ1) is 7.95. The Labute approximate surface area is 107 Å². The van der Waals surface area contributed by atoms with Crippen LogP contribution in [0.5, 0.6) is 0 Å². The van der Waals surface area contributed by atoms with Crippen molar-refractivity contribution >= 4 is 27.5 Å². The number of hydrogen-bond donors (Lipinski definition) is 1. The van der Waals surface area contributed by atoms with Gasteiger partial charge in [-0.1, -0.05) is 15.9 Å². The third kappa shape index (κ3) is 3.66. The zero-order chi connectivity index (χ0) is 13.0. The molecule has 1 N–H and O–H groups in total. The molecule has 0 saturated heterocycles. The molecule has 1 aromatic carbocycles. The van der Waals surface area contributed by atoms with E-state index in [9.17, 15) is 13.6 Å². The van der Waals surface area contributed by atoms with E-state index in [1.165, 1.54) is 4.90 Å². The van der Waals surface area contributed by atoms with Crippen molar-refractivity contribution in [3.05, 3.63) is 28.2 Å². The van der Waals surface area contributed by atoms with Crippen molar-refractivity contribution in [1.29, 1.82) is 0 Å². The quantitative estimate of drug-likeness (QED) is 0.927. The summed E-state index contributed by atoms with van der Waals surface area (Å²) in [5, 5.41) is 2.46. The second kappa shape index (κ2) is 5.95. The summed E-state index contributed by atoms with van der Waals surface area (Å²) in [6.45, 7) is 2.23. The third-order valence-corrected chi connectivity index (χ3v) is 2.78. The van der Waals surface area contributed by atoms with Crippen LogP contribution >= 0.6 is 15.9 Å². The zero-order valence-corrected chi connectivity index (χ0v) is 11.1. The first-order valence-electron chi connectivity index (χ1n) is 5.08. The summed E-state index contributed by atoms with van der Waals surface area (Å²) in [5.41, 5.74) is -0.286. The molecule has 0 aromatic heterocycles. The molecule has 3 nitrogen and oxygen atoms in total. The monoisotopic (exact) mass is 306 g/mol. The fraction of sp³-hybridized carbons (Fsp3) is 0.364. The van der Waals surface area contributed by atoms with Crippen LogP contribution in [0.2, 0.25) is 0 Å². The topological polar surface area (TPSA) is 32.3 Å². The van der Waals surface area contributed by atoms with Gasteiger partial charge in [-0.25, -0.2) is 8.78 Å². The summed E-state index contributed by atoms with van der Waals surface area (Å²) in [4.78, 5) is 12.9. The van der Waals surface area contributed by atoms with Crippen molar-refractivity contribution in [2.75, 3.05) is 25.5 Å². The summed E-state index contributed by atoms with van der Waals surface area (Å²) in [6, 6.07) is 2.28. The number of carbonyl (C=O) groups excluding carboxylic acids is 1. The molecule has 0 heterocycles. The first kappa shape index (κ1) is 13.9. The van der Waals surface area contributed by atoms with Crippen molar-refractivity contribution in [3.63, 3.8) is 0 Å². The van der Waals surface area contributed by atoms with Crippen LogP contribution in [0.15, 0.2) is 16.6 Å². The van der Waals surface area contributed by atoms with Gasteiger partial charge in [-0.05, 0) is 19.1 Å². The van der Waals surface area contributed by atoms with Gasteiger partial charge in [-0.15, -0.1) is 0 Å². The summed E-state index contributed by atoms with van der Waals surface area (Å²) < 4.78 is 27.1. The molecule has 0 atom stereocenters. The largest absolute Gasteiger partial charge is 0.371 e. The molecule has 0 spiro atoms. The Balaban J connectivity index is 2.73. The number of halogens is 3. The van der Waals surface area contributed by atoms with Crippen LogP contribution in [0, 0.1) is 11.6 Å². The van der Waals surface area contributed by atoms with Gasteiger partial charge < -0.3 is 10.2 Å². The molecule has 1 aromatic rings. The van der Waals surface area contributed by atoms with Crippen molar-refractivity contribution in [1.82, 2.24) is 4.90 Å². The summed E-state index contributed by atoms with van der Waals surface area (Å²) in [5.74, 6) is -1.69. The van der Waals surface area contributed by atoms with Crippen LogP contribution < -0.4 is 5.32 Å². The maximum atomic E-state index is 13.4. The predicted octanol–water partition coefficient (Wildman–Crippen LogP) is 2.62. The lowest BCUT2D eigenvalue weighted by Crippen LogP contribution is -2.32. The van der Waals surface area contributed by atoms with Crippen LogP contribution in [0.1, 0.15) is 6.92 Å². The van der Waals surface area contributed by atoms with E-state index in [2.05, 4.69) is 21.2 Å². The predicted molar refractivity (Wildman–Crippen MR) is 65.9 cm³/mol. The summed E-state index contributed by atoms with van der Waals surface area (Å²) in [7, 11) is 1.62. The van der Waals surface area contributed by atoms with Gasteiger partial charge in [0.2, 0.25) is 5.91 Å². The number of hydrogen-bond acceptors (Lipinski definition) is 2. The minimum Gasteiger partial charge on any atom is -0.371 e. The van der Waals surface area contributed by atoms with Gasteiger partial charge in [0.25, 0.3) is 0 Å². The number of benzene rings is 1. The summed E-state index contributed by atoms with van der Waals surface area (Å²) >= 11 is 2.98. The Kier molecular flexibility index (Phi) is 4.86. The smallest absolute Gasteiger partial charge is 0.241 e. The fourth-order valence-corrected chi connectivity index (χ4v) is 1.59. The van der Waals surface area contributed by atoms with Crippen LogP contribution in [-0.4, -0.2) is 30.9 Å². The van der Waals surface area contributed by atoms with Crippen LogP contribution in [0.3, 0.4) is 0 Å². The standard InChI is InChI=1S/C11H13BrF2N2O/c1-3-16(2)10(17)6-15-11-8(13)4-7(12)5-9(11)14/h4-5,15H,3,6H2,1-2H3. The first-order valence-corrected chi connectivity index (χ1v) is 5.87. The van der Waals surface area contributed by atoms with Crippen molar-refractivity contribution in [2.45, 2.75) is 6.92 Å². The molecular formula is C11H13BrF2N2O. The maximum absolute atomic E-state index is 13.4. The van der Waals surface area contributed by atoms with E-state index in [-0.39, 0.29) is 18.1 Å². The number of anilines is 1. The van der Waals surface area contributed by atoms with Crippen molar-refractivity contribution in [3.8, 4) is 0 Å². The molecule has 0 unspecified atom stereocenters. The third-order valence-electron chi connectivity index (χ3n) is 2.32. The highest BCUT2D eigenvalue weighted by Gasteiger charge is 2.12. The lowest BCUT2D eigenvalue weighted by molar-refractivity contribution is -0.127. The Morgan fingerprint density at radius 2 is 1.94 bits per heavy atom. The van der Waals surface area contributed by atoms with Crippen molar-refractivity contribution in [2.24, 2.45) is 0 Å². The normalized spacial score (nSPS) is 10.2. The molecule has 0 bridgehead atoms. The van der Waals surface area contributed by atoms with Gasteiger partial charge in [0.1, 0.15) is 17.3 Å². The SMILES string of the molecule is CCN(C)C(=O)CNc1c(F)cc(Br)cc1F. The number of nitrogens with one attached hydrogen (secondary N) is 1. The molecule has 6 heteroatoms. The van der Waals surface area contributed by atoms with Crippen LogP contribution in [0.25, 0.3) is 0 Å². The van der Waals surface area contributed by atoms with Gasteiger partial charge in [0, 0.05) is 18.1 Å². The molecule has 0 fully saturated rings. The van der Waals surface area contributed by atoms with Crippen LogP contribution in [0.4, 0.5) is 14.5 Å². The van der Waals surface area contributed by atoms with Crippen LogP contribution in [-0.2, 0) is 4.79 Å². The number of carbonyl (C=O) groups is 1. The second-order valence-corrected chi connectivity index (χ2v) is 4.42. The highest BCUT2D eigenvalue weighted by molar-refractivity contribution is 9.10. The molecule has 17 heavy (non-hydrogen) atoms. The van der Waals surface area contributed by atoms with Gasteiger partial charge in [0.05, 0.1) is 6.54 Å². The minimum atomic E-state index is -0.733. The molecule has 0 aliphatic rings. The van der Waals surface area contributed by atoms with E-state index in [0.717, 1.165) is 12.1 Å². The van der Waals surface area contributed by atoms with E-state index < -0.39 is 11.6 Å². The van der Waals surface area contributed by atoms with E-state index in [0.29, 0.717) is 11.0 Å². The van der Waals surface area contributed by atoms with E-state index >= 15 is 0 Å². The van der Waals surface area contributed by atoms with E-state index in [1.54, 1.807) is 7.05 Å². The van der Waals surface area contributed by atoms with E-state index in [1.807, 2.05) is 6.92 Å². The maximum Gasteiger partial charge on any atom is 0.241 e. The zero-order valence-electron chi connectivity index (χ0n) is 9.56. The second-order valence-electron chi connectivity index (χ2n) is 3.51. The highest BCUT2D eigenvalue weighted by atomic mass is 79.9. The minimum absolute atomic E-state index is 0.139. The van der Waals surface area contributed by atoms with E-state index in [4.69, 9.17) is 0 Å². The lowest BCUT2D eigenvalue weighted by atomic mass is 10.3. The highest BCUT2D eigenvalue weighted by Crippen LogP contribution is 2.23. The average molecular weight is 307 g/mol. The Morgan fingerprint density at radius 1 is 1.41 bits per heavy atom. The number of amides is 1. The van der Waals surface area contributed by atoms with Gasteiger partial charge in [0.15, 0.2) is 0 Å². The Hall–Kier alpha value is -1.17. The molecule has 1 amide bonds. The molecule has 0 aliphatic heterocycles. The van der Waals surface area contributed by atoms with Crippen molar-refractivity contribution < 1.29 is 13.6 Å². The molecule has 0 aliphatic carbocycles. The number of rotatable bonds is 4. The average Bonchev–Trinajstić information content (AvgIpc) is 2.26. The molecule has 94 valence electrons. The van der Waals surface area contributed by atoms with Gasteiger partial charge in [-0.2, -0.15) is 0 Å². The lowest BCUT2D eigenvalue weighted by Gasteiger charge is -2.15. The van der Waals surface area contributed by atoms with Gasteiger partial charge in [-0.3, -0.25) is 4.79 Å². The van der Waals surface area contributed by atoms with Gasteiger partial charge >= 0.3 is 0 Å². The Morgan fingerprint density at radius 3 is 2.41 bits per heavy atom. The number of likely N-dealkylation sites (N-methyl/N-ethyl adjacent to an activating group) is 1. The molecule has 1 rings (SSSR count). The molecule has 0 radical (unpaired) electrons. The molecular weight excluding hydrogens is 294 g/mol.